The number of ketones is 1. The van der Waals surface area contributed by atoms with Crippen LogP contribution in [0.15, 0.2) is 0 Å². The normalized spacial score (nSPS) is 11.7. The predicted octanol–water partition coefficient (Wildman–Crippen LogP) is 0.359. The average Bonchev–Trinajstić information content (AvgIpc) is 2.36. The standard InChI is InChI=1S/C12H21FN2O4/c1-2-3-4-5-6-19-12(18)15-9(7-11(14)17)10(16)8-13/h9H,2-8H2,1H3,(H2,14,17)(H,15,18)/p+1/t9-/m1/s1. The van der Waals surface area contributed by atoms with Crippen LogP contribution in [-0.2, 0) is 14.3 Å². The van der Waals surface area contributed by atoms with Gasteiger partial charge >= 0.3 is 12.0 Å². The highest BCUT2D eigenvalue weighted by atomic mass is 19.1. The number of alkyl carbamates (subject to hydrolysis) is 1. The highest BCUT2D eigenvalue weighted by Gasteiger charge is 2.24. The van der Waals surface area contributed by atoms with Gasteiger partial charge < -0.3 is 10.1 Å². The van der Waals surface area contributed by atoms with Crippen molar-refractivity contribution in [3.05, 3.63) is 0 Å². The summed E-state index contributed by atoms with van der Waals surface area (Å²) in [5.41, 5.74) is 3.09. The summed E-state index contributed by atoms with van der Waals surface area (Å²) in [6, 6.07) is -1.20. The van der Waals surface area contributed by atoms with Gasteiger partial charge in [-0.25, -0.2) is 14.0 Å². The number of hydrogen-bond acceptors (Lipinski definition) is 4. The lowest BCUT2D eigenvalue weighted by atomic mass is 10.1. The summed E-state index contributed by atoms with van der Waals surface area (Å²) in [4.78, 5) is 33.3. The molecule has 0 spiro atoms. The van der Waals surface area contributed by atoms with Crippen molar-refractivity contribution < 1.29 is 29.2 Å². The summed E-state index contributed by atoms with van der Waals surface area (Å²) < 4.78 is 17.1. The highest BCUT2D eigenvalue weighted by molar-refractivity contribution is 5.91. The molecule has 0 rings (SSSR count). The second kappa shape index (κ2) is 10.4. The van der Waals surface area contributed by atoms with E-state index in [1.54, 1.807) is 0 Å². The van der Waals surface area contributed by atoms with Crippen LogP contribution in [0.5, 0.6) is 0 Å². The van der Waals surface area contributed by atoms with E-state index in [1.807, 2.05) is 0 Å². The van der Waals surface area contributed by atoms with Crippen molar-refractivity contribution in [3.8, 4) is 0 Å². The minimum atomic E-state index is -1.24. The Morgan fingerprint density at radius 2 is 1.95 bits per heavy atom. The maximum Gasteiger partial charge on any atom is 0.407 e. The van der Waals surface area contributed by atoms with E-state index in [1.165, 1.54) is 0 Å². The van der Waals surface area contributed by atoms with E-state index < -0.39 is 30.5 Å². The Morgan fingerprint density at radius 3 is 2.47 bits per heavy atom. The van der Waals surface area contributed by atoms with Gasteiger partial charge in [0.05, 0.1) is 13.0 Å². The highest BCUT2D eigenvalue weighted by Crippen LogP contribution is 2.00. The Hall–Kier alpha value is -1.50. The summed E-state index contributed by atoms with van der Waals surface area (Å²) in [7, 11) is 0. The fourth-order valence-electron chi connectivity index (χ4n) is 1.44. The lowest BCUT2D eigenvalue weighted by Crippen LogP contribution is -2.60. The second-order valence-electron chi connectivity index (χ2n) is 4.24. The van der Waals surface area contributed by atoms with Gasteiger partial charge in [-0.2, -0.15) is 0 Å². The monoisotopic (exact) mass is 277 g/mol. The molecule has 0 radical (unpaired) electrons. The van der Waals surface area contributed by atoms with Gasteiger partial charge in [-0.15, -0.1) is 0 Å². The minimum absolute atomic E-state index is 0.237. The van der Waals surface area contributed by atoms with Crippen molar-refractivity contribution in [1.82, 2.24) is 5.32 Å². The van der Waals surface area contributed by atoms with Gasteiger partial charge in [0.1, 0.15) is 12.7 Å². The third-order valence-electron chi connectivity index (χ3n) is 2.48. The molecule has 0 aromatic rings. The number of amides is 2. The number of rotatable bonds is 10. The van der Waals surface area contributed by atoms with E-state index >= 15 is 0 Å². The quantitative estimate of drug-likeness (QED) is 0.563. The molecule has 19 heavy (non-hydrogen) atoms. The molecule has 0 aromatic carbocycles. The van der Waals surface area contributed by atoms with Gasteiger partial charge in [0.25, 0.3) is 0 Å². The molecular weight excluding hydrogens is 255 g/mol. The maximum absolute atomic E-state index is 12.3. The summed E-state index contributed by atoms with van der Waals surface area (Å²) in [5.74, 6) is -1.41. The summed E-state index contributed by atoms with van der Waals surface area (Å²) >= 11 is 0. The summed E-state index contributed by atoms with van der Waals surface area (Å²) in [6.45, 7) is 1.06. The Kier molecular flexibility index (Phi) is 9.60. The fourth-order valence-corrected chi connectivity index (χ4v) is 1.44. The number of nitrogens with one attached hydrogen (secondary N) is 1. The lowest BCUT2D eigenvalue weighted by molar-refractivity contribution is -0.306. The van der Waals surface area contributed by atoms with Gasteiger partial charge in [-0.1, -0.05) is 26.2 Å². The summed E-state index contributed by atoms with van der Waals surface area (Å²) in [6.07, 6.45) is 2.68. The number of ether oxygens (including phenoxy) is 1. The molecule has 7 heteroatoms. The first-order valence-electron chi connectivity index (χ1n) is 6.38. The van der Waals surface area contributed by atoms with E-state index in [2.05, 4.69) is 18.0 Å². The molecule has 110 valence electrons. The molecule has 0 aliphatic rings. The Balaban J connectivity index is 4.02. The van der Waals surface area contributed by atoms with Crippen molar-refractivity contribution >= 4 is 17.8 Å². The zero-order valence-electron chi connectivity index (χ0n) is 11.2. The molecule has 6 nitrogen and oxygen atoms in total. The Bertz CT molecular complexity index is 310. The number of carbonyl (C=O) groups is 3. The molecule has 0 bridgehead atoms. The molecule has 0 aromatic heterocycles. The van der Waals surface area contributed by atoms with Crippen molar-refractivity contribution in [2.45, 2.75) is 45.1 Å². The van der Waals surface area contributed by atoms with Gasteiger partial charge in [0.15, 0.2) is 5.78 Å². The first kappa shape index (κ1) is 17.5. The molecule has 0 aliphatic carbocycles. The number of unbranched alkanes of at least 4 members (excludes halogenated alkanes) is 3. The lowest BCUT2D eigenvalue weighted by Gasteiger charge is -2.13. The molecule has 0 saturated heterocycles. The second-order valence-corrected chi connectivity index (χ2v) is 4.24. The molecule has 0 aliphatic heterocycles. The molecule has 4 N–H and O–H groups in total. The van der Waals surface area contributed by atoms with Gasteiger partial charge in [-0.05, 0) is 6.42 Å². The van der Waals surface area contributed by atoms with Crippen LogP contribution in [0.2, 0.25) is 0 Å². The van der Waals surface area contributed by atoms with Crippen LogP contribution in [0.3, 0.4) is 0 Å². The summed E-state index contributed by atoms with van der Waals surface area (Å²) in [5, 5.41) is 2.18. The zero-order valence-corrected chi connectivity index (χ0v) is 11.2. The van der Waals surface area contributed by atoms with Crippen LogP contribution in [0.25, 0.3) is 0 Å². The smallest absolute Gasteiger partial charge is 0.407 e. The van der Waals surface area contributed by atoms with Crippen LogP contribution in [-0.4, -0.2) is 37.1 Å². The Morgan fingerprint density at radius 1 is 1.26 bits per heavy atom. The number of Topliss-reactive ketones (excluding diaryl/α,β-unsaturated/α-hetero) is 1. The van der Waals surface area contributed by atoms with Crippen molar-refractivity contribution in [2.75, 3.05) is 13.3 Å². The fraction of sp³-hybridized carbons (Fsp3) is 0.750. The number of alkyl halides is 1. The molecule has 0 unspecified atom stereocenters. The third-order valence-corrected chi connectivity index (χ3v) is 2.48. The first-order chi connectivity index (χ1) is 9.01. The van der Waals surface area contributed by atoms with Crippen molar-refractivity contribution in [2.24, 2.45) is 0 Å². The van der Waals surface area contributed by atoms with Gasteiger partial charge in [0.2, 0.25) is 0 Å². The molecule has 2 amide bonds. The minimum Gasteiger partial charge on any atom is -0.450 e. The van der Waals surface area contributed by atoms with E-state index in [0.29, 0.717) is 0 Å². The van der Waals surface area contributed by atoms with E-state index in [0.717, 1.165) is 25.7 Å². The number of halogens is 1. The number of quaternary nitrogens is 1. The van der Waals surface area contributed by atoms with Crippen molar-refractivity contribution in [1.29, 1.82) is 0 Å². The molecule has 0 heterocycles. The van der Waals surface area contributed by atoms with Crippen LogP contribution in [0.1, 0.15) is 39.0 Å². The largest absolute Gasteiger partial charge is 0.450 e. The third kappa shape index (κ3) is 9.12. The van der Waals surface area contributed by atoms with Gasteiger partial charge in [-0.3, -0.25) is 10.5 Å². The predicted molar refractivity (Wildman–Crippen MR) is 65.9 cm³/mol. The van der Waals surface area contributed by atoms with Crippen LogP contribution in [0.4, 0.5) is 9.18 Å². The number of carbonyl (C=O) groups excluding carboxylic acids is 3. The van der Waals surface area contributed by atoms with Crippen molar-refractivity contribution in [3.63, 3.8) is 0 Å². The van der Waals surface area contributed by atoms with Crippen LogP contribution in [0, 0.1) is 0 Å². The average molecular weight is 277 g/mol. The molecular formula is C12H22FN2O4+. The van der Waals surface area contributed by atoms with E-state index in [9.17, 15) is 18.8 Å². The SMILES string of the molecule is CCCCCCOC(=O)N[C@H](CC([NH3+])=O)C(=O)CF. The molecule has 1 atom stereocenters. The maximum atomic E-state index is 12.3. The van der Waals surface area contributed by atoms with E-state index in [-0.39, 0.29) is 13.0 Å². The zero-order chi connectivity index (χ0) is 14.7. The molecule has 0 saturated carbocycles. The Labute approximate surface area is 111 Å². The van der Waals surface area contributed by atoms with Crippen LogP contribution >= 0.6 is 0 Å². The first-order valence-corrected chi connectivity index (χ1v) is 6.38. The number of hydrogen-bond donors (Lipinski definition) is 2. The molecule has 0 fully saturated rings. The van der Waals surface area contributed by atoms with E-state index in [4.69, 9.17) is 4.74 Å². The topological polar surface area (TPSA) is 100 Å². The van der Waals surface area contributed by atoms with Crippen LogP contribution < -0.4 is 11.1 Å². The van der Waals surface area contributed by atoms with Gasteiger partial charge in [0, 0.05) is 0 Å².